The van der Waals surface area contributed by atoms with E-state index in [0.717, 1.165) is 17.2 Å². The summed E-state index contributed by atoms with van der Waals surface area (Å²) in [6.07, 6.45) is 0.425. The molecule has 108 valence electrons. The molecule has 0 radical (unpaired) electrons. The number of nitrogens with one attached hydrogen (secondary N) is 1. The van der Waals surface area contributed by atoms with Crippen LogP contribution in [0, 0.1) is 6.92 Å². The highest BCUT2D eigenvalue weighted by atomic mass is 32.1. The Morgan fingerprint density at radius 3 is 2.74 bits per heavy atom. The van der Waals surface area contributed by atoms with Gasteiger partial charge >= 0.3 is 0 Å². The average molecular weight is 284 g/mol. The number of hydrogen-bond acceptors (Lipinski definition) is 5. The normalized spacial score (nSPS) is 13.0. The van der Waals surface area contributed by atoms with E-state index in [4.69, 9.17) is 5.73 Å². The molecule has 0 bridgehead atoms. The molecule has 1 unspecified atom stereocenters. The Morgan fingerprint density at radius 1 is 1.58 bits per heavy atom. The van der Waals surface area contributed by atoms with Crippen LogP contribution in [0.3, 0.4) is 0 Å². The number of aryl methyl sites for hydroxylation is 1. The number of rotatable bonds is 7. The third-order valence-corrected chi connectivity index (χ3v) is 3.67. The maximum atomic E-state index is 11.8. The predicted molar refractivity (Wildman–Crippen MR) is 79.1 cm³/mol. The Morgan fingerprint density at radius 2 is 2.26 bits per heavy atom. The molecule has 3 N–H and O–H groups in total. The fraction of sp³-hybridized carbons (Fsp3) is 0.692. The maximum absolute atomic E-state index is 11.8. The average Bonchev–Trinajstić information content (AvgIpc) is 2.70. The molecule has 0 spiro atoms. The summed E-state index contributed by atoms with van der Waals surface area (Å²) in [5.74, 6) is 0.0479. The van der Waals surface area contributed by atoms with Gasteiger partial charge in [-0.25, -0.2) is 4.98 Å². The van der Waals surface area contributed by atoms with Gasteiger partial charge in [-0.3, -0.25) is 9.69 Å². The minimum atomic E-state index is 0.0424. The quantitative estimate of drug-likeness (QED) is 0.787. The van der Waals surface area contributed by atoms with Crippen LogP contribution in [0.2, 0.25) is 0 Å². The van der Waals surface area contributed by atoms with Crippen molar-refractivity contribution in [2.45, 2.75) is 45.8 Å². The highest BCUT2D eigenvalue weighted by Gasteiger charge is 2.18. The highest BCUT2D eigenvalue weighted by Crippen LogP contribution is 2.12. The summed E-state index contributed by atoms with van der Waals surface area (Å²) in [6, 6.07) is 0.207. The first kappa shape index (κ1) is 16.1. The first-order valence-corrected chi connectivity index (χ1v) is 7.41. The lowest BCUT2D eigenvalue weighted by atomic mass is 10.1. The molecular formula is C13H24N4OS. The lowest BCUT2D eigenvalue weighted by Crippen LogP contribution is -2.42. The van der Waals surface area contributed by atoms with Gasteiger partial charge in [0.15, 0.2) is 0 Å². The zero-order valence-corrected chi connectivity index (χ0v) is 13.0. The number of carbonyl (C=O) groups excluding carboxylic acids is 1. The second kappa shape index (κ2) is 7.57. The van der Waals surface area contributed by atoms with Crippen molar-refractivity contribution in [3.63, 3.8) is 0 Å². The lowest BCUT2D eigenvalue weighted by Gasteiger charge is -2.26. The van der Waals surface area contributed by atoms with Gasteiger partial charge in [0.1, 0.15) is 0 Å². The fourth-order valence-electron chi connectivity index (χ4n) is 1.88. The molecule has 1 heterocycles. The zero-order valence-electron chi connectivity index (χ0n) is 12.1. The van der Waals surface area contributed by atoms with E-state index in [-0.39, 0.29) is 18.0 Å². The van der Waals surface area contributed by atoms with E-state index in [2.05, 4.69) is 15.2 Å². The second-order valence-electron chi connectivity index (χ2n) is 5.09. The van der Waals surface area contributed by atoms with Crippen molar-refractivity contribution in [3.8, 4) is 0 Å². The summed E-state index contributed by atoms with van der Waals surface area (Å²) in [7, 11) is 1.98. The minimum absolute atomic E-state index is 0.0424. The standard InChI is InChI=1S/C13H24N4OS/c1-9(2)15-13(18)5-12(6-14)17(4)7-11-8-19-10(3)16-11/h8-9,12H,5-7,14H2,1-4H3,(H,15,18). The first-order chi connectivity index (χ1) is 8.92. The van der Waals surface area contributed by atoms with Crippen molar-refractivity contribution in [1.29, 1.82) is 0 Å². The van der Waals surface area contributed by atoms with Gasteiger partial charge in [-0.1, -0.05) is 0 Å². The number of aromatic nitrogens is 1. The van der Waals surface area contributed by atoms with Crippen LogP contribution < -0.4 is 11.1 Å². The molecule has 0 aliphatic carbocycles. The van der Waals surface area contributed by atoms with Crippen LogP contribution in [0.25, 0.3) is 0 Å². The SMILES string of the molecule is Cc1nc(CN(C)C(CN)CC(=O)NC(C)C)cs1. The lowest BCUT2D eigenvalue weighted by molar-refractivity contribution is -0.122. The predicted octanol–water partition coefficient (Wildman–Crippen LogP) is 1.13. The molecule has 1 aromatic heterocycles. The van der Waals surface area contributed by atoms with Gasteiger partial charge in [0, 0.05) is 37.0 Å². The maximum Gasteiger partial charge on any atom is 0.221 e. The van der Waals surface area contributed by atoms with Gasteiger partial charge in [0.2, 0.25) is 5.91 Å². The second-order valence-corrected chi connectivity index (χ2v) is 6.15. The Balaban J connectivity index is 2.51. The van der Waals surface area contributed by atoms with Crippen LogP contribution in [0.4, 0.5) is 0 Å². The summed E-state index contributed by atoms with van der Waals surface area (Å²) >= 11 is 1.64. The highest BCUT2D eigenvalue weighted by molar-refractivity contribution is 7.09. The van der Waals surface area contributed by atoms with E-state index >= 15 is 0 Å². The summed E-state index contributed by atoms with van der Waals surface area (Å²) in [4.78, 5) is 18.3. The molecule has 5 nitrogen and oxygen atoms in total. The van der Waals surface area contributed by atoms with E-state index in [1.54, 1.807) is 11.3 Å². The summed E-state index contributed by atoms with van der Waals surface area (Å²) in [6.45, 7) is 7.09. The molecule has 1 rings (SSSR count). The van der Waals surface area contributed by atoms with Crippen LogP contribution >= 0.6 is 11.3 Å². The minimum Gasteiger partial charge on any atom is -0.354 e. The molecule has 0 aromatic carbocycles. The summed E-state index contributed by atoms with van der Waals surface area (Å²) in [5.41, 5.74) is 6.81. The Labute approximate surface area is 119 Å². The zero-order chi connectivity index (χ0) is 14.4. The van der Waals surface area contributed by atoms with Crippen molar-refractivity contribution in [2.24, 2.45) is 5.73 Å². The van der Waals surface area contributed by atoms with Crippen LogP contribution in [0.1, 0.15) is 31.0 Å². The number of hydrogen-bond donors (Lipinski definition) is 2. The third-order valence-electron chi connectivity index (χ3n) is 2.84. The van der Waals surface area contributed by atoms with Crippen molar-refractivity contribution in [1.82, 2.24) is 15.2 Å². The van der Waals surface area contributed by atoms with Gasteiger partial charge in [-0.2, -0.15) is 0 Å². The van der Waals surface area contributed by atoms with Gasteiger partial charge in [-0.15, -0.1) is 11.3 Å². The van der Waals surface area contributed by atoms with Gasteiger partial charge < -0.3 is 11.1 Å². The number of amides is 1. The molecule has 0 aliphatic heterocycles. The molecule has 19 heavy (non-hydrogen) atoms. The van der Waals surface area contributed by atoms with E-state index < -0.39 is 0 Å². The van der Waals surface area contributed by atoms with Crippen LogP contribution in [-0.2, 0) is 11.3 Å². The number of likely N-dealkylation sites (N-methyl/N-ethyl adjacent to an activating group) is 1. The van der Waals surface area contributed by atoms with Crippen molar-refractivity contribution < 1.29 is 4.79 Å². The largest absolute Gasteiger partial charge is 0.354 e. The molecule has 1 amide bonds. The number of thiazole rings is 1. The number of nitrogens with two attached hydrogens (primary N) is 1. The van der Waals surface area contributed by atoms with E-state index in [0.29, 0.717) is 13.0 Å². The monoisotopic (exact) mass is 284 g/mol. The number of nitrogens with zero attached hydrogens (tertiary/aromatic N) is 2. The van der Waals surface area contributed by atoms with Gasteiger partial charge in [-0.05, 0) is 27.8 Å². The Hall–Kier alpha value is -0.980. The molecule has 0 saturated carbocycles. The van der Waals surface area contributed by atoms with Crippen LogP contribution in [0.5, 0.6) is 0 Å². The third kappa shape index (κ3) is 5.67. The van der Waals surface area contributed by atoms with Crippen molar-refractivity contribution in [2.75, 3.05) is 13.6 Å². The van der Waals surface area contributed by atoms with E-state index in [1.807, 2.05) is 33.2 Å². The van der Waals surface area contributed by atoms with Crippen molar-refractivity contribution >= 4 is 17.2 Å². The molecule has 1 atom stereocenters. The molecule has 0 saturated heterocycles. The van der Waals surface area contributed by atoms with Gasteiger partial charge in [0.25, 0.3) is 0 Å². The Kier molecular flexibility index (Phi) is 6.41. The van der Waals surface area contributed by atoms with Crippen LogP contribution in [0.15, 0.2) is 5.38 Å². The van der Waals surface area contributed by atoms with E-state index in [9.17, 15) is 4.79 Å². The van der Waals surface area contributed by atoms with Crippen molar-refractivity contribution in [3.05, 3.63) is 16.1 Å². The van der Waals surface area contributed by atoms with E-state index in [1.165, 1.54) is 0 Å². The Bertz CT molecular complexity index is 405. The number of carbonyl (C=O) groups is 1. The molecule has 1 aromatic rings. The molecule has 0 fully saturated rings. The van der Waals surface area contributed by atoms with Crippen LogP contribution in [-0.4, -0.2) is 41.5 Å². The molecular weight excluding hydrogens is 260 g/mol. The summed E-state index contributed by atoms with van der Waals surface area (Å²) in [5, 5.41) is 6.01. The topological polar surface area (TPSA) is 71.2 Å². The summed E-state index contributed by atoms with van der Waals surface area (Å²) < 4.78 is 0. The fourth-order valence-corrected chi connectivity index (χ4v) is 2.48. The molecule has 0 aliphatic rings. The first-order valence-electron chi connectivity index (χ1n) is 6.53. The smallest absolute Gasteiger partial charge is 0.221 e. The molecule has 6 heteroatoms. The van der Waals surface area contributed by atoms with Gasteiger partial charge in [0.05, 0.1) is 10.7 Å².